The molecule has 8 aromatic rings. The van der Waals surface area contributed by atoms with Gasteiger partial charge in [0.15, 0.2) is 16.6 Å². The largest absolute Gasteiger partial charge is 0.455 e. The number of hydrogen-bond acceptors (Lipinski definition) is 9. The van der Waals surface area contributed by atoms with E-state index in [-0.39, 0.29) is 0 Å². The van der Waals surface area contributed by atoms with Crippen LogP contribution < -0.4 is 0 Å². The van der Waals surface area contributed by atoms with E-state index >= 15 is 0 Å². The monoisotopic (exact) mass is 1270 g/mol. The molecule has 1 nitrogen and oxygen atoms in total. The zero-order valence-corrected chi connectivity index (χ0v) is 59.1. The van der Waals surface area contributed by atoms with Gasteiger partial charge in [0.2, 0.25) is 0 Å². The molecule has 0 fully saturated rings. The molecule has 0 unspecified atom stereocenters. The number of unbranched alkanes of at least 4 members (excludes halogenated alkanes) is 22. The second-order valence-electron chi connectivity index (χ2n) is 24.3. The lowest BCUT2D eigenvalue weighted by Gasteiger charge is -2.34. The molecule has 8 heterocycles. The highest BCUT2D eigenvalue weighted by Gasteiger charge is 2.32. The summed E-state index contributed by atoms with van der Waals surface area (Å²) < 4.78 is 7.07. The van der Waals surface area contributed by atoms with Gasteiger partial charge < -0.3 is 4.12 Å². The minimum atomic E-state index is -1.59. The Morgan fingerprint density at radius 2 is 0.420 bits per heavy atom. The SMILES string of the molecule is CCCCCCc1ccc(-c2ccc(-c3ccc(-c4ccc(CCCCCCCCCCC[Si](C)(C)O[Si](C)(C)CCCCCCCCCCCc5ccc(-c6ccc(-c7ccc(-c8ccc(CCCCCC)s8)s7)s6)s5)s4)s3)s2)s1. The van der Waals surface area contributed by atoms with E-state index in [9.17, 15) is 0 Å². The molecule has 0 saturated heterocycles. The minimum absolute atomic E-state index is 1.23. The van der Waals surface area contributed by atoms with Crippen LogP contribution >= 0.6 is 90.7 Å². The molecule has 0 aliphatic rings. The molecule has 0 spiro atoms. The van der Waals surface area contributed by atoms with Gasteiger partial charge in [-0.25, -0.2) is 0 Å². The molecule has 0 N–H and O–H groups in total. The quantitative estimate of drug-likeness (QED) is 0.0274. The van der Waals surface area contributed by atoms with Crippen LogP contribution in [0.1, 0.15) is 200 Å². The van der Waals surface area contributed by atoms with Gasteiger partial charge in [-0.05, 0) is 187 Å². The third-order valence-electron chi connectivity index (χ3n) is 16.0. The Labute approximate surface area is 526 Å². The van der Waals surface area contributed by atoms with Crippen molar-refractivity contribution in [2.45, 2.75) is 245 Å². The molecule has 0 atom stereocenters. The molecule has 0 radical (unpaired) electrons. The van der Waals surface area contributed by atoms with Crippen LogP contribution in [0.3, 0.4) is 0 Å². The third kappa shape index (κ3) is 22.3. The summed E-state index contributed by atoms with van der Waals surface area (Å²) in [5.41, 5.74) is 0. The molecule has 0 amide bonds. The van der Waals surface area contributed by atoms with Crippen LogP contribution in [0.2, 0.25) is 38.3 Å². The Hall–Kier alpha value is -2.01. The molecule has 11 heteroatoms. The summed E-state index contributed by atoms with van der Waals surface area (Å²) in [4.78, 5) is 23.1. The molecule has 0 bridgehead atoms. The maximum Gasteiger partial charge on any atom is 0.173 e. The molecule has 0 aromatic carbocycles. The van der Waals surface area contributed by atoms with Crippen molar-refractivity contribution in [1.29, 1.82) is 0 Å². The van der Waals surface area contributed by atoms with Crippen molar-refractivity contribution in [2.24, 2.45) is 0 Å². The average Bonchev–Trinajstić information content (AvgIpc) is 4.43. The van der Waals surface area contributed by atoms with E-state index in [2.05, 4.69) is 137 Å². The predicted octanol–water partition coefficient (Wildman–Crippen LogP) is 27.7. The highest BCUT2D eigenvalue weighted by Crippen LogP contribution is 2.45. The van der Waals surface area contributed by atoms with Crippen LogP contribution in [-0.2, 0) is 29.8 Å². The Morgan fingerprint density at radius 1 is 0.235 bits per heavy atom. The lowest BCUT2D eigenvalue weighted by atomic mass is 10.1. The average molecular weight is 1270 g/mol. The van der Waals surface area contributed by atoms with Crippen LogP contribution in [0.25, 0.3) is 58.5 Å². The predicted molar refractivity (Wildman–Crippen MR) is 380 cm³/mol. The zero-order chi connectivity index (χ0) is 56.5. The van der Waals surface area contributed by atoms with Crippen molar-refractivity contribution >= 4 is 107 Å². The second-order valence-corrected chi connectivity index (χ2v) is 42.2. The van der Waals surface area contributed by atoms with Crippen molar-refractivity contribution < 1.29 is 4.12 Å². The highest BCUT2D eigenvalue weighted by molar-refractivity contribution is 7.29. The van der Waals surface area contributed by atoms with E-state index in [0.717, 1.165) is 0 Å². The Balaban J connectivity index is 0.589. The van der Waals surface area contributed by atoms with Crippen molar-refractivity contribution in [3.05, 3.63) is 117 Å². The third-order valence-corrected chi connectivity index (χ3v) is 33.7. The molecule has 8 rings (SSSR count). The summed E-state index contributed by atoms with van der Waals surface area (Å²) in [7, 11) is -3.19. The Kier molecular flexibility index (Phi) is 28.0. The summed E-state index contributed by atoms with van der Waals surface area (Å²) >= 11 is 15.8. The van der Waals surface area contributed by atoms with Gasteiger partial charge in [0, 0.05) is 78.0 Å². The van der Waals surface area contributed by atoms with Crippen LogP contribution in [0.5, 0.6) is 0 Å². The van der Waals surface area contributed by atoms with Gasteiger partial charge >= 0.3 is 0 Å². The molecule has 0 aliphatic heterocycles. The number of hydrogen-bond donors (Lipinski definition) is 0. The van der Waals surface area contributed by atoms with Crippen molar-refractivity contribution in [3.8, 4) is 58.5 Å². The first kappa shape index (κ1) is 65.0. The van der Waals surface area contributed by atoms with Gasteiger partial charge in [-0.2, -0.15) is 0 Å². The van der Waals surface area contributed by atoms with Gasteiger partial charge in [0.1, 0.15) is 0 Å². The molecule has 81 heavy (non-hydrogen) atoms. The fraction of sp³-hybridized carbons (Fsp3) is 0.543. The van der Waals surface area contributed by atoms with E-state index in [1.54, 1.807) is 9.75 Å². The standard InChI is InChI=1S/C70H98OS8Si2/c1-7-9-11-27-33-55-37-41-59(72-55)63-45-49-67(76-63)69-51-47-65(78-69)61-43-39-57(74-61)35-29-23-19-15-13-17-21-25-31-53-80(3,4)71-81(5,6)54-32-26-22-18-14-16-20-24-30-36-58-40-44-62(75-58)66-48-52-70(79-66)68-50-46-64(77-68)60-42-38-56(73-60)34-28-12-10-8-2/h37-52H,7-36,53-54H2,1-6H3. The molecular weight excluding hydrogens is 1170 g/mol. The summed E-state index contributed by atoms with van der Waals surface area (Å²) in [5.74, 6) is 0. The molecule has 0 saturated carbocycles. The molecular formula is C70H98OS8Si2. The van der Waals surface area contributed by atoms with Gasteiger partial charge in [0.25, 0.3) is 0 Å². The number of rotatable bonds is 42. The molecule has 8 aromatic heterocycles. The lowest BCUT2D eigenvalue weighted by molar-refractivity contribution is 0.515. The number of thiophene rings is 8. The zero-order valence-electron chi connectivity index (χ0n) is 50.5. The fourth-order valence-corrected chi connectivity index (χ4v) is 29.2. The van der Waals surface area contributed by atoms with E-state index < -0.39 is 16.6 Å². The van der Waals surface area contributed by atoms with Crippen LogP contribution in [0, 0.1) is 0 Å². The first-order valence-electron chi connectivity index (χ1n) is 32.0. The van der Waals surface area contributed by atoms with E-state index in [0.29, 0.717) is 0 Å². The lowest BCUT2D eigenvalue weighted by Crippen LogP contribution is -2.44. The summed E-state index contributed by atoms with van der Waals surface area (Å²) in [6.45, 7) is 14.6. The fourth-order valence-electron chi connectivity index (χ4n) is 11.5. The van der Waals surface area contributed by atoms with Gasteiger partial charge in [-0.1, -0.05) is 155 Å². The smallest absolute Gasteiger partial charge is 0.173 e. The van der Waals surface area contributed by atoms with E-state index in [1.165, 1.54) is 273 Å². The van der Waals surface area contributed by atoms with Crippen molar-refractivity contribution in [2.75, 3.05) is 0 Å². The van der Waals surface area contributed by atoms with E-state index in [4.69, 9.17) is 4.12 Å². The second kappa shape index (κ2) is 35.0. The summed E-state index contributed by atoms with van der Waals surface area (Å²) in [6.07, 6.45) is 40.5. The van der Waals surface area contributed by atoms with Crippen LogP contribution in [-0.4, -0.2) is 16.6 Å². The normalized spacial score (nSPS) is 12.2. The maximum atomic E-state index is 7.07. The van der Waals surface area contributed by atoms with Gasteiger partial charge in [-0.15, -0.1) is 90.7 Å². The minimum Gasteiger partial charge on any atom is -0.455 e. The highest BCUT2D eigenvalue weighted by atomic mass is 32.1. The maximum absolute atomic E-state index is 7.07. The Bertz CT molecular complexity index is 2760. The van der Waals surface area contributed by atoms with Gasteiger partial charge in [0.05, 0.1) is 0 Å². The van der Waals surface area contributed by atoms with Gasteiger partial charge in [-0.3, -0.25) is 0 Å². The first-order chi connectivity index (χ1) is 39.5. The van der Waals surface area contributed by atoms with Crippen molar-refractivity contribution in [1.82, 2.24) is 0 Å². The summed E-state index contributed by atoms with van der Waals surface area (Å²) in [6, 6.07) is 40.3. The molecule has 0 aliphatic carbocycles. The topological polar surface area (TPSA) is 9.23 Å². The molecule has 440 valence electrons. The first-order valence-corrected chi connectivity index (χ1v) is 44.8. The van der Waals surface area contributed by atoms with Crippen LogP contribution in [0.15, 0.2) is 97.1 Å². The van der Waals surface area contributed by atoms with Crippen molar-refractivity contribution in [3.63, 3.8) is 0 Å². The summed E-state index contributed by atoms with van der Waals surface area (Å²) in [5, 5.41) is 0. The van der Waals surface area contributed by atoms with E-state index in [1.807, 2.05) is 90.7 Å². The number of aryl methyl sites for hydroxylation is 4. The van der Waals surface area contributed by atoms with Crippen LogP contribution in [0.4, 0.5) is 0 Å². The Morgan fingerprint density at radius 3 is 0.654 bits per heavy atom.